The Kier molecular flexibility index (Phi) is 2.85. The largest absolute Gasteiger partial charge is 0.295 e. The fraction of sp³-hybridized carbons (Fsp3) is 0.429. The minimum Gasteiger partial charge on any atom is -0.295 e. The number of hydrogen-bond donors (Lipinski definition) is 0. The summed E-state index contributed by atoms with van der Waals surface area (Å²) < 4.78 is 0. The van der Waals surface area contributed by atoms with E-state index < -0.39 is 0 Å². The van der Waals surface area contributed by atoms with Crippen molar-refractivity contribution in [3.63, 3.8) is 0 Å². The number of hydrogen-bond acceptors (Lipinski definition) is 2. The standard InChI is InChI=1S/C7H11NO/c1-5(7(3)9)6(2)8-4/h4H2,1-3H3/b6-5-. The fourth-order valence-electron chi connectivity index (χ4n) is 0.373. The van der Waals surface area contributed by atoms with Crippen LogP contribution in [0.5, 0.6) is 0 Å². The number of aliphatic imine (C=N–C) groups is 1. The highest BCUT2D eigenvalue weighted by Gasteiger charge is 1.98. The van der Waals surface area contributed by atoms with Crippen LogP contribution in [0.3, 0.4) is 0 Å². The maximum absolute atomic E-state index is 10.6. The lowest BCUT2D eigenvalue weighted by atomic mass is 10.2. The summed E-state index contributed by atoms with van der Waals surface area (Å²) in [5.74, 6) is 0.0555. The first kappa shape index (κ1) is 8.08. The van der Waals surface area contributed by atoms with Gasteiger partial charge >= 0.3 is 0 Å². The van der Waals surface area contributed by atoms with Crippen LogP contribution in [0.2, 0.25) is 0 Å². The molecule has 0 spiro atoms. The van der Waals surface area contributed by atoms with E-state index in [4.69, 9.17) is 0 Å². The molecule has 0 aliphatic carbocycles. The van der Waals surface area contributed by atoms with Crippen molar-refractivity contribution in [3.05, 3.63) is 11.3 Å². The van der Waals surface area contributed by atoms with E-state index in [1.165, 1.54) is 6.92 Å². The zero-order valence-electron chi connectivity index (χ0n) is 6.06. The number of allylic oxidation sites excluding steroid dienone is 2. The van der Waals surface area contributed by atoms with Crippen LogP contribution in [0.1, 0.15) is 20.8 Å². The summed E-state index contributed by atoms with van der Waals surface area (Å²) in [6, 6.07) is 0. The van der Waals surface area contributed by atoms with E-state index in [2.05, 4.69) is 11.7 Å². The van der Waals surface area contributed by atoms with Crippen LogP contribution < -0.4 is 0 Å². The molecule has 0 amide bonds. The van der Waals surface area contributed by atoms with Crippen molar-refractivity contribution < 1.29 is 4.79 Å². The number of ketones is 1. The summed E-state index contributed by atoms with van der Waals surface area (Å²) in [4.78, 5) is 14.2. The van der Waals surface area contributed by atoms with Crippen molar-refractivity contribution in [2.24, 2.45) is 4.99 Å². The molecule has 2 heteroatoms. The molecule has 0 aliphatic rings. The molecule has 9 heavy (non-hydrogen) atoms. The van der Waals surface area contributed by atoms with Gasteiger partial charge in [-0.05, 0) is 27.5 Å². The first-order valence-corrected chi connectivity index (χ1v) is 2.74. The minimum absolute atomic E-state index is 0.0555. The SMILES string of the molecule is C=N/C(C)=C(/C)C(C)=O. The summed E-state index contributed by atoms with van der Waals surface area (Å²) in [5.41, 5.74) is 1.40. The van der Waals surface area contributed by atoms with Crippen LogP contribution in [0.25, 0.3) is 0 Å². The zero-order chi connectivity index (χ0) is 7.44. The van der Waals surface area contributed by atoms with Crippen LogP contribution in [-0.4, -0.2) is 12.5 Å². The Balaban J connectivity index is 4.47. The van der Waals surface area contributed by atoms with Crippen molar-refractivity contribution in [2.45, 2.75) is 20.8 Å². The predicted molar refractivity (Wildman–Crippen MR) is 38.6 cm³/mol. The zero-order valence-corrected chi connectivity index (χ0v) is 6.06. The van der Waals surface area contributed by atoms with Crippen LogP contribution >= 0.6 is 0 Å². The third kappa shape index (κ3) is 2.22. The van der Waals surface area contributed by atoms with Crippen LogP contribution in [-0.2, 0) is 4.79 Å². The highest BCUT2D eigenvalue weighted by Crippen LogP contribution is 2.03. The third-order valence-electron chi connectivity index (χ3n) is 1.31. The molecule has 0 saturated heterocycles. The van der Waals surface area contributed by atoms with Gasteiger partial charge in [0.15, 0.2) is 5.78 Å². The predicted octanol–water partition coefficient (Wildman–Crippen LogP) is 1.57. The molecule has 0 unspecified atom stereocenters. The molecule has 50 valence electrons. The average molecular weight is 125 g/mol. The summed E-state index contributed by atoms with van der Waals surface area (Å²) in [6.07, 6.45) is 0. The third-order valence-corrected chi connectivity index (χ3v) is 1.31. The number of Topliss-reactive ketones (excluding diaryl/α,β-unsaturated/α-hetero) is 1. The molecule has 0 aromatic heterocycles. The van der Waals surface area contributed by atoms with Crippen molar-refractivity contribution in [2.75, 3.05) is 0 Å². The normalized spacial score (nSPS) is 12.3. The number of carbonyl (C=O) groups is 1. The van der Waals surface area contributed by atoms with E-state index in [9.17, 15) is 4.79 Å². The van der Waals surface area contributed by atoms with Crippen LogP contribution in [0, 0.1) is 0 Å². The van der Waals surface area contributed by atoms with Gasteiger partial charge in [-0.25, -0.2) is 0 Å². The van der Waals surface area contributed by atoms with E-state index in [0.717, 1.165) is 0 Å². The number of rotatable bonds is 2. The van der Waals surface area contributed by atoms with Gasteiger partial charge in [-0.2, -0.15) is 0 Å². The van der Waals surface area contributed by atoms with Crippen LogP contribution in [0.15, 0.2) is 16.3 Å². The van der Waals surface area contributed by atoms with Crippen LogP contribution in [0.4, 0.5) is 0 Å². The quantitative estimate of drug-likeness (QED) is 0.407. The van der Waals surface area contributed by atoms with Crippen molar-refractivity contribution in [1.82, 2.24) is 0 Å². The molecule has 0 rings (SSSR count). The Hall–Kier alpha value is -0.920. The molecule has 0 saturated carbocycles. The lowest BCUT2D eigenvalue weighted by molar-refractivity contribution is -0.113. The molecule has 0 heterocycles. The lowest BCUT2D eigenvalue weighted by Crippen LogP contribution is -1.93. The first-order chi connectivity index (χ1) is 4.09. The summed E-state index contributed by atoms with van der Waals surface area (Å²) in [6.45, 7) is 8.33. The highest BCUT2D eigenvalue weighted by molar-refractivity contribution is 5.93. The van der Waals surface area contributed by atoms with E-state index >= 15 is 0 Å². The molecule has 0 radical (unpaired) electrons. The van der Waals surface area contributed by atoms with Crippen molar-refractivity contribution >= 4 is 12.5 Å². The van der Waals surface area contributed by atoms with E-state index in [1.54, 1.807) is 13.8 Å². The number of carbonyl (C=O) groups excluding carboxylic acids is 1. The van der Waals surface area contributed by atoms with Gasteiger partial charge in [0.25, 0.3) is 0 Å². The number of nitrogens with zero attached hydrogens (tertiary/aromatic N) is 1. The van der Waals surface area contributed by atoms with Gasteiger partial charge < -0.3 is 0 Å². The molecule has 0 aliphatic heterocycles. The summed E-state index contributed by atoms with van der Waals surface area (Å²) >= 11 is 0. The average Bonchev–Trinajstić information content (AvgIpc) is 1.84. The molecule has 0 aromatic rings. The molecule has 0 atom stereocenters. The second kappa shape index (κ2) is 3.17. The fourth-order valence-corrected chi connectivity index (χ4v) is 0.373. The van der Waals surface area contributed by atoms with Gasteiger partial charge in [0.2, 0.25) is 0 Å². The molecule has 0 aromatic carbocycles. The van der Waals surface area contributed by atoms with Crippen molar-refractivity contribution in [1.29, 1.82) is 0 Å². The molecule has 0 N–H and O–H groups in total. The van der Waals surface area contributed by atoms with Gasteiger partial charge in [-0.1, -0.05) is 0 Å². The summed E-state index contributed by atoms with van der Waals surface area (Å²) in [5, 5.41) is 0. The lowest BCUT2D eigenvalue weighted by Gasteiger charge is -1.94. The Bertz CT molecular complexity index is 168. The Labute approximate surface area is 55.3 Å². The van der Waals surface area contributed by atoms with E-state index in [-0.39, 0.29) is 5.78 Å². The molecule has 0 bridgehead atoms. The topological polar surface area (TPSA) is 29.4 Å². The van der Waals surface area contributed by atoms with Gasteiger partial charge in [-0.15, -0.1) is 0 Å². The molecule has 0 fully saturated rings. The Morgan fingerprint density at radius 1 is 1.33 bits per heavy atom. The van der Waals surface area contributed by atoms with E-state index in [1.807, 2.05) is 0 Å². The van der Waals surface area contributed by atoms with Gasteiger partial charge in [0.05, 0.1) is 0 Å². The maximum atomic E-state index is 10.6. The maximum Gasteiger partial charge on any atom is 0.157 e. The second-order valence-corrected chi connectivity index (χ2v) is 1.92. The monoisotopic (exact) mass is 125 g/mol. The minimum atomic E-state index is 0.0555. The highest BCUT2D eigenvalue weighted by atomic mass is 16.1. The van der Waals surface area contributed by atoms with Gasteiger partial charge in [-0.3, -0.25) is 9.79 Å². The Morgan fingerprint density at radius 2 is 1.78 bits per heavy atom. The smallest absolute Gasteiger partial charge is 0.157 e. The van der Waals surface area contributed by atoms with E-state index in [0.29, 0.717) is 11.3 Å². The molecular formula is C7H11NO. The summed E-state index contributed by atoms with van der Waals surface area (Å²) in [7, 11) is 0. The van der Waals surface area contributed by atoms with Gasteiger partial charge in [0.1, 0.15) is 0 Å². The Morgan fingerprint density at radius 3 is 1.89 bits per heavy atom. The van der Waals surface area contributed by atoms with Crippen molar-refractivity contribution in [3.8, 4) is 0 Å². The first-order valence-electron chi connectivity index (χ1n) is 2.74. The molecule has 2 nitrogen and oxygen atoms in total. The molecular weight excluding hydrogens is 114 g/mol. The van der Waals surface area contributed by atoms with Gasteiger partial charge in [0, 0.05) is 11.3 Å². The second-order valence-electron chi connectivity index (χ2n) is 1.92.